The van der Waals surface area contributed by atoms with Crippen LogP contribution in [-0.4, -0.2) is 53.8 Å². The Balaban J connectivity index is 1.33. The molecular formula is C21H28ClN3O2. The molecule has 1 aliphatic heterocycles. The van der Waals surface area contributed by atoms with E-state index in [-0.39, 0.29) is 23.8 Å². The van der Waals surface area contributed by atoms with Crippen molar-refractivity contribution in [2.24, 2.45) is 23.5 Å². The molecule has 1 aromatic carbocycles. The fourth-order valence-electron chi connectivity index (χ4n) is 5.15. The third-order valence-electron chi connectivity index (χ3n) is 6.73. The van der Waals surface area contributed by atoms with Crippen molar-refractivity contribution < 1.29 is 9.59 Å². The Labute approximate surface area is 165 Å². The fourth-order valence-corrected chi connectivity index (χ4v) is 5.28. The number of rotatable bonds is 2. The van der Waals surface area contributed by atoms with Crippen LogP contribution in [0.4, 0.5) is 0 Å². The summed E-state index contributed by atoms with van der Waals surface area (Å²) in [6.45, 7) is 2.42. The highest BCUT2D eigenvalue weighted by Gasteiger charge is 2.42. The number of hydrogen-bond donors (Lipinski definition) is 1. The van der Waals surface area contributed by atoms with Gasteiger partial charge >= 0.3 is 0 Å². The van der Waals surface area contributed by atoms with Crippen LogP contribution < -0.4 is 5.73 Å². The Morgan fingerprint density at radius 1 is 0.926 bits per heavy atom. The lowest BCUT2D eigenvalue weighted by Gasteiger charge is -2.45. The SMILES string of the molecule is NC1C2CCCC1CC(C(=O)N1CCN(C(=O)c3ccc(Cl)cc3)CC1)C2. The summed E-state index contributed by atoms with van der Waals surface area (Å²) in [5, 5.41) is 0.624. The Hall–Kier alpha value is -1.59. The molecule has 2 aliphatic carbocycles. The van der Waals surface area contributed by atoms with Crippen LogP contribution in [0.2, 0.25) is 5.02 Å². The maximum atomic E-state index is 13.0. The number of nitrogens with zero attached hydrogens (tertiary/aromatic N) is 2. The van der Waals surface area contributed by atoms with E-state index < -0.39 is 0 Å². The molecule has 2 atom stereocenters. The van der Waals surface area contributed by atoms with E-state index >= 15 is 0 Å². The zero-order chi connectivity index (χ0) is 19.0. The number of hydrogen-bond acceptors (Lipinski definition) is 3. The van der Waals surface area contributed by atoms with Gasteiger partial charge in [-0.1, -0.05) is 18.0 Å². The van der Waals surface area contributed by atoms with E-state index in [0.717, 1.165) is 12.8 Å². The van der Waals surface area contributed by atoms with E-state index in [1.54, 1.807) is 24.3 Å². The maximum absolute atomic E-state index is 13.0. The third kappa shape index (κ3) is 3.85. The Morgan fingerprint density at radius 3 is 2.07 bits per heavy atom. The average molecular weight is 390 g/mol. The zero-order valence-electron chi connectivity index (χ0n) is 15.6. The van der Waals surface area contributed by atoms with Crippen molar-refractivity contribution in [1.82, 2.24) is 9.80 Å². The first kappa shape index (κ1) is 18.8. The lowest BCUT2D eigenvalue weighted by molar-refractivity contribution is -0.140. The summed E-state index contributed by atoms with van der Waals surface area (Å²) in [4.78, 5) is 29.5. The quantitative estimate of drug-likeness (QED) is 0.845. The van der Waals surface area contributed by atoms with Crippen molar-refractivity contribution in [3.05, 3.63) is 34.9 Å². The first-order valence-corrected chi connectivity index (χ1v) is 10.5. The van der Waals surface area contributed by atoms with Crippen LogP contribution >= 0.6 is 11.6 Å². The van der Waals surface area contributed by atoms with Gasteiger partial charge in [0, 0.05) is 48.7 Å². The molecule has 4 rings (SSSR count). The van der Waals surface area contributed by atoms with E-state index in [1.807, 2.05) is 9.80 Å². The lowest BCUT2D eigenvalue weighted by atomic mass is 9.65. The van der Waals surface area contributed by atoms with Gasteiger partial charge in [-0.3, -0.25) is 9.59 Å². The van der Waals surface area contributed by atoms with Crippen LogP contribution in [0.5, 0.6) is 0 Å². The molecule has 0 aromatic heterocycles. The normalized spacial score (nSPS) is 30.9. The van der Waals surface area contributed by atoms with Gasteiger partial charge in [0.25, 0.3) is 5.91 Å². The van der Waals surface area contributed by atoms with Gasteiger partial charge < -0.3 is 15.5 Å². The minimum absolute atomic E-state index is 0.0111. The number of benzene rings is 1. The predicted molar refractivity (Wildman–Crippen MR) is 105 cm³/mol. The second-order valence-electron chi connectivity index (χ2n) is 8.32. The van der Waals surface area contributed by atoms with Crippen molar-refractivity contribution >= 4 is 23.4 Å². The number of carbonyl (C=O) groups excluding carboxylic acids is 2. The third-order valence-corrected chi connectivity index (χ3v) is 6.98. The van der Waals surface area contributed by atoms with Crippen molar-refractivity contribution in [2.75, 3.05) is 26.2 Å². The van der Waals surface area contributed by atoms with Crippen LogP contribution in [0, 0.1) is 17.8 Å². The number of amides is 2. The van der Waals surface area contributed by atoms with Crippen LogP contribution in [0.1, 0.15) is 42.5 Å². The maximum Gasteiger partial charge on any atom is 0.253 e. The van der Waals surface area contributed by atoms with E-state index in [9.17, 15) is 9.59 Å². The van der Waals surface area contributed by atoms with Crippen molar-refractivity contribution in [2.45, 2.75) is 38.1 Å². The molecular weight excluding hydrogens is 362 g/mol. The number of fused-ring (bicyclic) bond motifs is 2. The minimum atomic E-state index is 0.0111. The van der Waals surface area contributed by atoms with Crippen LogP contribution in [-0.2, 0) is 4.79 Å². The van der Waals surface area contributed by atoms with Crippen LogP contribution in [0.25, 0.3) is 0 Å². The topological polar surface area (TPSA) is 66.6 Å². The molecule has 0 spiro atoms. The molecule has 2 bridgehead atoms. The van der Waals surface area contributed by atoms with Gasteiger partial charge in [-0.05, 0) is 61.8 Å². The summed E-state index contributed by atoms with van der Waals surface area (Å²) in [5.41, 5.74) is 7.01. The highest BCUT2D eigenvalue weighted by molar-refractivity contribution is 6.30. The van der Waals surface area contributed by atoms with Gasteiger partial charge in [0.15, 0.2) is 0 Å². The van der Waals surface area contributed by atoms with E-state index in [2.05, 4.69) is 0 Å². The minimum Gasteiger partial charge on any atom is -0.339 e. The molecule has 1 heterocycles. The average Bonchev–Trinajstić information content (AvgIpc) is 2.67. The van der Waals surface area contributed by atoms with Gasteiger partial charge in [0.2, 0.25) is 5.91 Å². The van der Waals surface area contributed by atoms with Gasteiger partial charge in [0.05, 0.1) is 0 Å². The number of halogens is 1. The van der Waals surface area contributed by atoms with Crippen molar-refractivity contribution in [3.8, 4) is 0 Å². The monoisotopic (exact) mass is 389 g/mol. The summed E-state index contributed by atoms with van der Waals surface area (Å²) in [5.74, 6) is 1.44. The van der Waals surface area contributed by atoms with Crippen LogP contribution in [0.3, 0.4) is 0 Å². The van der Waals surface area contributed by atoms with Gasteiger partial charge in [-0.25, -0.2) is 0 Å². The van der Waals surface area contributed by atoms with E-state index in [4.69, 9.17) is 17.3 Å². The molecule has 2 saturated carbocycles. The number of nitrogens with two attached hydrogens (primary N) is 1. The van der Waals surface area contributed by atoms with Gasteiger partial charge in [-0.2, -0.15) is 0 Å². The standard InChI is InChI=1S/C21H28ClN3O2/c22-18-6-4-14(5-7-18)20(26)24-8-10-25(11-9-24)21(27)17-12-15-2-1-3-16(13-17)19(15)23/h4-7,15-17,19H,1-3,8-13,23H2. The highest BCUT2D eigenvalue weighted by Crippen LogP contribution is 2.42. The first-order valence-electron chi connectivity index (χ1n) is 10.1. The number of carbonyl (C=O) groups is 2. The Bertz CT molecular complexity index is 686. The molecule has 146 valence electrons. The Kier molecular flexibility index (Phi) is 5.42. The zero-order valence-corrected chi connectivity index (χ0v) is 16.4. The molecule has 1 aromatic rings. The fraction of sp³-hybridized carbons (Fsp3) is 0.619. The van der Waals surface area contributed by atoms with Crippen molar-refractivity contribution in [3.63, 3.8) is 0 Å². The summed E-state index contributed by atoms with van der Waals surface area (Å²) in [6, 6.07) is 7.27. The molecule has 2 N–H and O–H groups in total. The lowest BCUT2D eigenvalue weighted by Crippen LogP contribution is -2.54. The number of piperazine rings is 1. The highest BCUT2D eigenvalue weighted by atomic mass is 35.5. The summed E-state index contributed by atoms with van der Waals surface area (Å²) in [6.07, 6.45) is 5.49. The second kappa shape index (κ2) is 7.80. The molecule has 3 fully saturated rings. The molecule has 6 heteroatoms. The summed E-state index contributed by atoms with van der Waals surface area (Å²) >= 11 is 5.90. The van der Waals surface area contributed by atoms with Crippen LogP contribution in [0.15, 0.2) is 24.3 Å². The Morgan fingerprint density at radius 2 is 1.48 bits per heavy atom. The van der Waals surface area contributed by atoms with E-state index in [0.29, 0.717) is 48.6 Å². The van der Waals surface area contributed by atoms with Crippen molar-refractivity contribution in [1.29, 1.82) is 0 Å². The summed E-state index contributed by atoms with van der Waals surface area (Å²) in [7, 11) is 0. The summed E-state index contributed by atoms with van der Waals surface area (Å²) < 4.78 is 0. The molecule has 5 nitrogen and oxygen atoms in total. The predicted octanol–water partition coefficient (Wildman–Crippen LogP) is 2.78. The second-order valence-corrected chi connectivity index (χ2v) is 8.76. The molecule has 2 amide bonds. The molecule has 27 heavy (non-hydrogen) atoms. The molecule has 0 radical (unpaired) electrons. The van der Waals surface area contributed by atoms with Gasteiger partial charge in [0.1, 0.15) is 0 Å². The largest absolute Gasteiger partial charge is 0.339 e. The first-order chi connectivity index (χ1) is 13.0. The molecule has 3 aliphatic rings. The smallest absolute Gasteiger partial charge is 0.253 e. The van der Waals surface area contributed by atoms with Gasteiger partial charge in [-0.15, -0.1) is 0 Å². The molecule has 1 saturated heterocycles. The molecule has 2 unspecified atom stereocenters. The van der Waals surface area contributed by atoms with E-state index in [1.165, 1.54) is 19.3 Å².